The van der Waals surface area contributed by atoms with Gasteiger partial charge in [-0.15, -0.1) is 0 Å². The molecule has 0 saturated carbocycles. The van der Waals surface area contributed by atoms with Crippen molar-refractivity contribution in [2.24, 2.45) is 35.5 Å². The lowest BCUT2D eigenvalue weighted by Gasteiger charge is -2.20. The first-order valence-corrected chi connectivity index (χ1v) is 18.1. The second-order valence-corrected chi connectivity index (χ2v) is 14.0. The average Bonchev–Trinajstić information content (AvgIpc) is 3.86. The molecule has 4 heterocycles. The topological polar surface area (TPSA) is 241 Å². The van der Waals surface area contributed by atoms with Gasteiger partial charge >= 0.3 is 0 Å². The van der Waals surface area contributed by atoms with Gasteiger partial charge < -0.3 is 39.9 Å². The molecule has 2 atom stereocenters. The molecule has 0 bridgehead atoms. The van der Waals surface area contributed by atoms with Crippen LogP contribution in [0.5, 0.6) is 0 Å². The number of aryl methyl sites for hydroxylation is 6. The molecule has 0 saturated heterocycles. The second kappa shape index (κ2) is 15.1. The number of aromatic nitrogens is 8. The van der Waals surface area contributed by atoms with Crippen molar-refractivity contribution >= 4 is 61.6 Å². The van der Waals surface area contributed by atoms with Crippen LogP contribution in [0.3, 0.4) is 0 Å². The minimum Gasteiger partial charge on any atom is -0.388 e. The monoisotopic (exact) mass is 816 g/mol. The summed E-state index contributed by atoms with van der Waals surface area (Å²) in [4.78, 5) is 60.4. The van der Waals surface area contributed by atoms with Crippen LogP contribution in [-0.4, -0.2) is 83.9 Å². The molecule has 6 N–H and O–H groups in total. The summed E-state index contributed by atoms with van der Waals surface area (Å²) in [6, 6.07) is 11.0. The smallest absolute Gasteiger partial charge is 0.298 e. The van der Waals surface area contributed by atoms with E-state index < -0.39 is 35.8 Å². The molecule has 6 rings (SSSR count). The molecule has 0 radical (unpaired) electrons. The van der Waals surface area contributed by atoms with Gasteiger partial charge in [0.2, 0.25) is 23.1 Å². The highest BCUT2D eigenvalue weighted by molar-refractivity contribution is 9.10. The average molecular weight is 818 g/mol. The summed E-state index contributed by atoms with van der Waals surface area (Å²) in [5, 5.41) is 32.1. The first-order valence-electron chi connectivity index (χ1n) is 17.3. The van der Waals surface area contributed by atoms with Crippen LogP contribution in [0.25, 0.3) is 22.1 Å². The van der Waals surface area contributed by atoms with E-state index in [9.17, 15) is 29.4 Å². The van der Waals surface area contributed by atoms with Crippen molar-refractivity contribution in [3.05, 3.63) is 92.1 Å². The van der Waals surface area contributed by atoms with Gasteiger partial charge in [-0.2, -0.15) is 20.2 Å². The Hall–Kier alpha value is -5.92. The standard InChI is InChI=1S/C36H41BrN12O6/c1-7-48-26(11-18(3)42-48)33(54)40-35-44(5)24-14-20(31(38)52)9-10-23(24)46(35)16-28(50)29(51)17-47-30-22(37)13-21(32(39)53)15-25(30)45(6)36(47)41-34(55)27-12-19(4)43-49(27)8-2/h9-15,28-29,50-51H,7-8,16-17H2,1-6H3,(H2,38,52)(H2,39,53)/b40-35+,41-36+. The summed E-state index contributed by atoms with van der Waals surface area (Å²) >= 11 is 3.52. The largest absolute Gasteiger partial charge is 0.388 e. The lowest BCUT2D eigenvalue weighted by Crippen LogP contribution is -2.40. The Morgan fingerprint density at radius 2 is 1.18 bits per heavy atom. The van der Waals surface area contributed by atoms with Crippen molar-refractivity contribution in [3.8, 4) is 0 Å². The van der Waals surface area contributed by atoms with Crippen molar-refractivity contribution in [1.82, 2.24) is 37.8 Å². The quantitative estimate of drug-likeness (QED) is 0.148. The summed E-state index contributed by atoms with van der Waals surface area (Å²) in [7, 11) is 3.30. The van der Waals surface area contributed by atoms with Crippen molar-refractivity contribution < 1.29 is 29.4 Å². The fourth-order valence-electron chi connectivity index (χ4n) is 6.66. The van der Waals surface area contributed by atoms with Gasteiger partial charge in [-0.05, 0) is 86.1 Å². The van der Waals surface area contributed by atoms with Crippen LogP contribution in [0.4, 0.5) is 0 Å². The van der Waals surface area contributed by atoms with E-state index in [1.54, 1.807) is 76.5 Å². The van der Waals surface area contributed by atoms with Gasteiger partial charge in [-0.25, -0.2) is 0 Å². The first kappa shape index (κ1) is 38.8. The van der Waals surface area contributed by atoms with Crippen molar-refractivity contribution in [3.63, 3.8) is 0 Å². The zero-order valence-corrected chi connectivity index (χ0v) is 32.6. The number of rotatable bonds is 11. The lowest BCUT2D eigenvalue weighted by molar-refractivity contribution is -0.000166. The maximum absolute atomic E-state index is 13.6. The number of halogens is 1. The first-order chi connectivity index (χ1) is 26.0. The number of aliphatic hydroxyl groups is 2. The molecule has 55 heavy (non-hydrogen) atoms. The normalized spacial score (nSPS) is 13.6. The molecule has 0 spiro atoms. The fraction of sp³-hybridized carbons (Fsp3) is 0.333. The summed E-state index contributed by atoms with van der Waals surface area (Å²) in [5.41, 5.74) is 15.5. The van der Waals surface area contributed by atoms with Gasteiger partial charge in [0.25, 0.3) is 11.8 Å². The molecule has 0 aliphatic heterocycles. The van der Waals surface area contributed by atoms with Crippen molar-refractivity contribution in [2.45, 2.75) is 66.1 Å². The molecule has 2 aromatic carbocycles. The lowest BCUT2D eigenvalue weighted by atomic mass is 10.1. The molecular weight excluding hydrogens is 776 g/mol. The number of carbonyl (C=O) groups excluding carboxylic acids is 4. The Bertz CT molecular complexity index is 2690. The Morgan fingerprint density at radius 3 is 1.69 bits per heavy atom. The number of benzene rings is 2. The van der Waals surface area contributed by atoms with Gasteiger partial charge in [-0.3, -0.25) is 28.5 Å². The summed E-state index contributed by atoms with van der Waals surface area (Å²) in [6.07, 6.45) is -2.98. The Labute approximate surface area is 321 Å². The predicted octanol–water partition coefficient (Wildman–Crippen LogP) is 1.19. The van der Waals surface area contributed by atoms with E-state index in [1.807, 2.05) is 13.8 Å². The van der Waals surface area contributed by atoms with E-state index in [2.05, 4.69) is 36.1 Å². The maximum atomic E-state index is 13.6. The molecule has 4 amide bonds. The molecule has 0 aliphatic rings. The zero-order chi connectivity index (χ0) is 40.0. The summed E-state index contributed by atoms with van der Waals surface area (Å²) in [6.45, 7) is 7.55. The van der Waals surface area contributed by atoms with E-state index in [-0.39, 0.29) is 46.8 Å². The number of fused-ring (bicyclic) bond motifs is 2. The van der Waals surface area contributed by atoms with Crippen LogP contribution in [0.2, 0.25) is 0 Å². The van der Waals surface area contributed by atoms with Crippen LogP contribution < -0.4 is 22.7 Å². The predicted molar refractivity (Wildman–Crippen MR) is 204 cm³/mol. The Kier molecular flexibility index (Phi) is 10.6. The maximum Gasteiger partial charge on any atom is 0.298 e. The summed E-state index contributed by atoms with van der Waals surface area (Å²) < 4.78 is 9.80. The van der Waals surface area contributed by atoms with E-state index in [1.165, 1.54) is 21.5 Å². The number of hydrogen-bond donors (Lipinski definition) is 4. The van der Waals surface area contributed by atoms with Crippen molar-refractivity contribution in [1.29, 1.82) is 0 Å². The molecule has 2 unspecified atom stereocenters. The second-order valence-electron chi connectivity index (χ2n) is 13.1. The molecule has 19 heteroatoms. The number of nitrogens with two attached hydrogens (primary N) is 2. The van der Waals surface area contributed by atoms with Crippen molar-refractivity contribution in [2.75, 3.05) is 0 Å². The van der Waals surface area contributed by atoms with Gasteiger partial charge in [0, 0.05) is 42.8 Å². The minimum atomic E-state index is -1.49. The molecule has 0 aliphatic carbocycles. The molecule has 6 aromatic rings. The highest BCUT2D eigenvalue weighted by Crippen LogP contribution is 2.26. The Morgan fingerprint density at radius 1 is 0.709 bits per heavy atom. The highest BCUT2D eigenvalue weighted by Gasteiger charge is 2.26. The molecule has 4 aromatic heterocycles. The zero-order valence-electron chi connectivity index (χ0n) is 31.1. The number of primary amides is 2. The van der Waals surface area contributed by atoms with Gasteiger partial charge in [0.1, 0.15) is 11.4 Å². The van der Waals surface area contributed by atoms with Gasteiger partial charge in [0.05, 0.1) is 58.8 Å². The third-order valence-corrected chi connectivity index (χ3v) is 9.99. The molecule has 0 fully saturated rings. The number of carbonyl (C=O) groups is 4. The van der Waals surface area contributed by atoms with Crippen LogP contribution in [0.15, 0.2) is 56.9 Å². The van der Waals surface area contributed by atoms with E-state index in [4.69, 9.17) is 11.5 Å². The highest BCUT2D eigenvalue weighted by atomic mass is 79.9. The Balaban J connectivity index is 1.46. The molecule has 18 nitrogen and oxygen atoms in total. The number of hydrogen-bond acceptors (Lipinski definition) is 8. The molecular formula is C36H41BrN12O6. The number of nitrogens with zero attached hydrogens (tertiary/aromatic N) is 10. The third kappa shape index (κ3) is 7.20. The summed E-state index contributed by atoms with van der Waals surface area (Å²) in [5.74, 6) is -2.52. The SMILES string of the molecule is CCn1nc(C)cc1C(=O)/N=c1\n(C)c2cc(C(N)=O)ccc2n1CC(O)C(O)Cn1/c(=N/C(=O)c2cc(C)nn2CC)n(C)c2cc(C(N)=O)cc(Br)c21. The minimum absolute atomic E-state index is 0.107. The third-order valence-electron chi connectivity index (χ3n) is 9.38. The van der Waals surface area contributed by atoms with Crippen LogP contribution >= 0.6 is 15.9 Å². The molecule has 288 valence electrons. The number of imidazole rings is 2. The fourth-order valence-corrected chi connectivity index (χ4v) is 7.33. The van der Waals surface area contributed by atoms with E-state index >= 15 is 0 Å². The number of amides is 4. The van der Waals surface area contributed by atoms with Gasteiger partial charge in [-0.1, -0.05) is 0 Å². The van der Waals surface area contributed by atoms with Crippen LogP contribution in [0.1, 0.15) is 66.9 Å². The van der Waals surface area contributed by atoms with E-state index in [0.29, 0.717) is 51.0 Å². The van der Waals surface area contributed by atoms with Crippen LogP contribution in [0, 0.1) is 13.8 Å². The number of aliphatic hydroxyl groups excluding tert-OH is 2. The van der Waals surface area contributed by atoms with Crippen LogP contribution in [-0.2, 0) is 40.3 Å². The van der Waals surface area contributed by atoms with E-state index in [0.717, 1.165) is 0 Å². The van der Waals surface area contributed by atoms with Gasteiger partial charge in [0.15, 0.2) is 0 Å².